The number of ether oxygens (including phenoxy) is 2. The maximum absolute atomic E-state index is 12.4. The smallest absolute Gasteiger partial charge is 0.345 e. The van der Waals surface area contributed by atoms with Crippen LogP contribution in [0.3, 0.4) is 0 Å². The van der Waals surface area contributed by atoms with E-state index in [1.165, 1.54) is 23.8 Å². The van der Waals surface area contributed by atoms with E-state index < -0.39 is 24.1 Å². The van der Waals surface area contributed by atoms with E-state index in [-0.39, 0.29) is 42.1 Å². The van der Waals surface area contributed by atoms with Gasteiger partial charge in [0.25, 0.3) is 0 Å². The van der Waals surface area contributed by atoms with Crippen LogP contribution >= 0.6 is 0 Å². The molecule has 264 valence electrons. The van der Waals surface area contributed by atoms with Crippen LogP contribution in [0, 0.1) is 24.7 Å². The van der Waals surface area contributed by atoms with Gasteiger partial charge in [-0.25, -0.2) is 4.79 Å². The quantitative estimate of drug-likeness (QED) is 0.0726. The van der Waals surface area contributed by atoms with E-state index in [9.17, 15) is 24.3 Å². The van der Waals surface area contributed by atoms with Crippen molar-refractivity contribution in [1.82, 2.24) is 10.6 Å². The summed E-state index contributed by atoms with van der Waals surface area (Å²) in [5.41, 5.74) is 1.82. The minimum atomic E-state index is -1.07. The molecule has 0 aromatic heterocycles. The lowest BCUT2D eigenvalue weighted by Crippen LogP contribution is -2.39. The topological polar surface area (TPSA) is 155 Å². The van der Waals surface area contributed by atoms with E-state index in [1.807, 2.05) is 58.9 Å². The third-order valence-corrected chi connectivity index (χ3v) is 6.92. The molecule has 1 saturated heterocycles. The van der Waals surface area contributed by atoms with Gasteiger partial charge in [0.1, 0.15) is 17.9 Å². The van der Waals surface area contributed by atoms with Gasteiger partial charge in [-0.2, -0.15) is 0 Å². The van der Waals surface area contributed by atoms with Gasteiger partial charge in [0.05, 0.1) is 6.10 Å². The van der Waals surface area contributed by atoms with E-state index >= 15 is 0 Å². The van der Waals surface area contributed by atoms with Gasteiger partial charge in [0.2, 0.25) is 11.8 Å². The molecule has 4 N–H and O–H groups in total. The number of hydrogen-bond acceptors (Lipinski definition) is 7. The Kier molecular flexibility index (Phi) is 22.2. The van der Waals surface area contributed by atoms with Gasteiger partial charge in [-0.15, -0.1) is 12.8 Å². The molecule has 2 aromatic carbocycles. The number of terminal acetylenes is 1. The molecule has 2 aromatic rings. The van der Waals surface area contributed by atoms with Crippen molar-refractivity contribution in [3.8, 4) is 18.6 Å². The van der Waals surface area contributed by atoms with Gasteiger partial charge in [-0.1, -0.05) is 90.1 Å². The fraction of sp³-hybridized carbons (Fsp3) is 0.474. The average molecular weight is 667 g/mol. The van der Waals surface area contributed by atoms with Crippen LogP contribution in [0.1, 0.15) is 97.4 Å². The van der Waals surface area contributed by atoms with Crippen molar-refractivity contribution in [2.75, 3.05) is 6.54 Å². The molecule has 5 atom stereocenters. The second kappa shape index (κ2) is 24.5. The van der Waals surface area contributed by atoms with Gasteiger partial charge >= 0.3 is 11.9 Å². The molecule has 2 amide bonds. The van der Waals surface area contributed by atoms with E-state index in [0.29, 0.717) is 24.4 Å². The van der Waals surface area contributed by atoms with E-state index in [0.717, 1.165) is 12.8 Å². The average Bonchev–Trinajstić information content (AvgIpc) is 3.89. The number of phenolic OH excluding ortho intramolecular Hbond substituents is 1. The Morgan fingerprint density at radius 3 is 2.10 bits per heavy atom. The molecule has 48 heavy (non-hydrogen) atoms. The number of phenols is 1. The fourth-order valence-electron chi connectivity index (χ4n) is 4.48. The van der Waals surface area contributed by atoms with Crippen LogP contribution in [0.4, 0.5) is 0 Å². The number of nitrogens with one attached hydrogen (secondary N) is 2. The normalized spacial score (nSPS) is 16.2. The van der Waals surface area contributed by atoms with Crippen LogP contribution in [-0.4, -0.2) is 52.7 Å². The number of carboxylic acids is 1. The van der Waals surface area contributed by atoms with Gasteiger partial charge in [0.15, 0.2) is 6.10 Å². The van der Waals surface area contributed by atoms with Crippen LogP contribution in [0.15, 0.2) is 66.7 Å². The van der Waals surface area contributed by atoms with Crippen molar-refractivity contribution in [2.24, 2.45) is 11.8 Å². The molecule has 0 radical (unpaired) electrons. The van der Waals surface area contributed by atoms with Gasteiger partial charge in [-0.05, 0) is 67.4 Å². The maximum atomic E-state index is 12.4. The molecule has 3 rings (SSSR count). The van der Waals surface area contributed by atoms with Gasteiger partial charge in [-0.3, -0.25) is 14.4 Å². The minimum Gasteiger partial charge on any atom is -0.508 e. The molecule has 10 nitrogen and oxygen atoms in total. The van der Waals surface area contributed by atoms with E-state index in [2.05, 4.69) is 42.5 Å². The lowest BCUT2D eigenvalue weighted by molar-refractivity contribution is -0.164. The highest BCUT2D eigenvalue weighted by atomic mass is 16.6. The Morgan fingerprint density at radius 1 is 0.979 bits per heavy atom. The first-order chi connectivity index (χ1) is 23.0. The molecule has 1 aliphatic rings. The molecular formula is C38H54N2O8. The third kappa shape index (κ3) is 16.8. The van der Waals surface area contributed by atoms with Crippen molar-refractivity contribution < 1.29 is 38.9 Å². The SMILES string of the molecule is C#C.CC.CCC(=O)O[C@@H](CC(C)C)C(=O)O.CCNC(=O)[C@H](NC(=O)/C=C/CCC(C)[C@H]1O[C@@H]1c1ccccc1)c1ccc(O)cc1. The first-order valence-corrected chi connectivity index (χ1v) is 16.5. The zero-order valence-corrected chi connectivity index (χ0v) is 29.3. The van der Waals surface area contributed by atoms with Crippen LogP contribution in [0.5, 0.6) is 5.75 Å². The van der Waals surface area contributed by atoms with Gasteiger partial charge in [0, 0.05) is 13.0 Å². The first kappa shape index (κ1) is 43.4. The highest BCUT2D eigenvalue weighted by molar-refractivity contribution is 5.93. The van der Waals surface area contributed by atoms with Crippen LogP contribution in [-0.2, 0) is 28.7 Å². The highest BCUT2D eigenvalue weighted by Crippen LogP contribution is 2.44. The number of allylic oxidation sites excluding steroid dienone is 1. The summed E-state index contributed by atoms with van der Waals surface area (Å²) in [5.74, 6) is -1.47. The molecule has 0 saturated carbocycles. The Hall–Kier alpha value is -4.62. The van der Waals surface area contributed by atoms with Crippen LogP contribution in [0.2, 0.25) is 0 Å². The molecular weight excluding hydrogens is 612 g/mol. The van der Waals surface area contributed by atoms with Crippen molar-refractivity contribution in [3.05, 3.63) is 77.9 Å². The molecule has 10 heteroatoms. The van der Waals surface area contributed by atoms with E-state index in [1.54, 1.807) is 19.1 Å². The lowest BCUT2D eigenvalue weighted by atomic mass is 9.97. The number of benzene rings is 2. The number of amides is 2. The number of carboxylic acid groups (broad SMARTS) is 1. The number of carbonyl (C=O) groups excluding carboxylic acids is 3. The minimum absolute atomic E-state index is 0.105. The molecule has 1 aliphatic heterocycles. The molecule has 0 aliphatic carbocycles. The molecule has 1 unspecified atom stereocenters. The predicted octanol–water partition coefficient (Wildman–Crippen LogP) is 6.51. The number of aromatic hydroxyl groups is 1. The van der Waals surface area contributed by atoms with Crippen LogP contribution in [0.25, 0.3) is 0 Å². The molecule has 1 heterocycles. The van der Waals surface area contributed by atoms with E-state index in [4.69, 9.17) is 14.6 Å². The fourth-order valence-corrected chi connectivity index (χ4v) is 4.48. The summed E-state index contributed by atoms with van der Waals surface area (Å²) in [6.07, 6.45) is 12.9. The number of hydrogen-bond donors (Lipinski definition) is 4. The first-order valence-electron chi connectivity index (χ1n) is 16.5. The monoisotopic (exact) mass is 666 g/mol. The number of carbonyl (C=O) groups is 4. The summed E-state index contributed by atoms with van der Waals surface area (Å²) in [6.45, 7) is 13.9. The summed E-state index contributed by atoms with van der Waals surface area (Å²) in [4.78, 5) is 46.2. The van der Waals surface area contributed by atoms with Crippen LogP contribution < -0.4 is 10.6 Å². The second-order valence-corrected chi connectivity index (χ2v) is 11.1. The number of esters is 1. The summed E-state index contributed by atoms with van der Waals surface area (Å²) >= 11 is 0. The standard InChI is InChI=1S/C25H30N2O4.C9H16O4.C2H6.C2H2/c1-3-26-25(30)22(18-13-15-20(28)16-14-18)27-21(29)12-8-7-9-17(2)23-24(31-23)19-10-5-4-6-11-19;1-4-8(10)13-7(9(11)12)5-6(2)3;2*1-2/h4-6,8,10-17,22-24,28H,3,7,9H2,1-2H3,(H,26,30)(H,27,29);6-7H,4-5H2,1-3H3,(H,11,12);1-2H3;1-2H/b12-8+;;;/t17?,22-,23-,24-;7-;;/m10../s1. The van der Waals surface area contributed by atoms with Crippen molar-refractivity contribution in [3.63, 3.8) is 0 Å². The number of aliphatic carboxylic acids is 1. The Labute approximate surface area is 286 Å². The summed E-state index contributed by atoms with van der Waals surface area (Å²) < 4.78 is 10.6. The Bertz CT molecular complexity index is 1270. The number of epoxide rings is 1. The summed E-state index contributed by atoms with van der Waals surface area (Å²) in [6, 6.07) is 15.6. The number of likely N-dealkylation sites (N-methyl/N-ethyl adjacent to an activating group) is 1. The lowest BCUT2D eigenvalue weighted by Gasteiger charge is -2.17. The molecule has 0 spiro atoms. The number of rotatable bonds is 15. The van der Waals surface area contributed by atoms with Crippen molar-refractivity contribution in [2.45, 2.75) is 98.5 Å². The van der Waals surface area contributed by atoms with Crippen molar-refractivity contribution in [1.29, 1.82) is 0 Å². The summed E-state index contributed by atoms with van der Waals surface area (Å²) in [5, 5.41) is 23.6. The zero-order valence-electron chi connectivity index (χ0n) is 29.3. The van der Waals surface area contributed by atoms with Crippen molar-refractivity contribution >= 4 is 23.8 Å². The Morgan fingerprint density at radius 2 is 1.58 bits per heavy atom. The summed E-state index contributed by atoms with van der Waals surface area (Å²) in [7, 11) is 0. The maximum Gasteiger partial charge on any atom is 0.345 e. The second-order valence-electron chi connectivity index (χ2n) is 11.1. The largest absolute Gasteiger partial charge is 0.508 e. The third-order valence-electron chi connectivity index (χ3n) is 6.92. The highest BCUT2D eigenvalue weighted by Gasteiger charge is 2.43. The van der Waals surface area contributed by atoms with Gasteiger partial charge < -0.3 is 30.3 Å². The predicted molar refractivity (Wildman–Crippen MR) is 188 cm³/mol. The molecule has 0 bridgehead atoms. The Balaban J connectivity index is 0.00000109. The zero-order chi connectivity index (χ0) is 36.6. The molecule has 1 fully saturated rings.